The van der Waals surface area contributed by atoms with E-state index in [2.05, 4.69) is 21.8 Å². The Balaban J connectivity index is 1.20. The average molecular weight is 553 g/mol. The fourth-order valence-corrected chi connectivity index (χ4v) is 5.48. The SMILES string of the molecule is CCc1cnc(N2CCC(COc3c(F)cc(-c4ccc(/C=[N+](\[O-])C5CCCCC5)cc4F)cc3F)CC2)nc1. The Bertz CT molecular complexity index is 1310. The van der Waals surface area contributed by atoms with Crippen molar-refractivity contribution < 1.29 is 22.6 Å². The Morgan fingerprint density at radius 2 is 1.62 bits per heavy atom. The molecule has 2 aromatic carbocycles. The molecule has 0 atom stereocenters. The summed E-state index contributed by atoms with van der Waals surface area (Å²) in [5.41, 5.74) is 1.62. The summed E-state index contributed by atoms with van der Waals surface area (Å²) < 4.78 is 51.3. The molecule has 0 N–H and O–H groups in total. The van der Waals surface area contributed by atoms with Gasteiger partial charge >= 0.3 is 0 Å². The number of aryl methyl sites for hydroxylation is 1. The molecule has 212 valence electrons. The molecule has 1 saturated carbocycles. The van der Waals surface area contributed by atoms with E-state index < -0.39 is 23.2 Å². The number of hydroxylamine groups is 1. The van der Waals surface area contributed by atoms with Crippen LogP contribution in [0.2, 0.25) is 0 Å². The van der Waals surface area contributed by atoms with Gasteiger partial charge in [-0.05, 0) is 73.4 Å². The Hall–Kier alpha value is -3.62. The lowest BCUT2D eigenvalue weighted by atomic mass is 9.96. The zero-order valence-electron chi connectivity index (χ0n) is 22.8. The van der Waals surface area contributed by atoms with E-state index in [9.17, 15) is 18.4 Å². The molecule has 6 nitrogen and oxygen atoms in total. The molecule has 1 aliphatic heterocycles. The van der Waals surface area contributed by atoms with Gasteiger partial charge in [0.2, 0.25) is 5.95 Å². The Morgan fingerprint density at radius 3 is 2.25 bits per heavy atom. The minimum Gasteiger partial charge on any atom is -0.624 e. The van der Waals surface area contributed by atoms with Crippen molar-refractivity contribution in [2.45, 2.75) is 64.3 Å². The number of benzene rings is 2. The maximum Gasteiger partial charge on any atom is 0.225 e. The van der Waals surface area contributed by atoms with Crippen molar-refractivity contribution in [3.05, 3.63) is 76.5 Å². The number of hydrogen-bond donors (Lipinski definition) is 0. The largest absolute Gasteiger partial charge is 0.624 e. The maximum atomic E-state index is 14.9. The van der Waals surface area contributed by atoms with Crippen LogP contribution in [0.25, 0.3) is 11.1 Å². The first kappa shape index (κ1) is 27.9. The molecule has 5 rings (SSSR count). The van der Waals surface area contributed by atoms with Gasteiger partial charge in [0.1, 0.15) is 5.82 Å². The fourth-order valence-electron chi connectivity index (χ4n) is 5.48. The summed E-state index contributed by atoms with van der Waals surface area (Å²) in [6, 6.07) is 6.33. The monoisotopic (exact) mass is 552 g/mol. The smallest absolute Gasteiger partial charge is 0.225 e. The minimum atomic E-state index is -0.880. The van der Waals surface area contributed by atoms with Gasteiger partial charge in [-0.25, -0.2) is 27.9 Å². The van der Waals surface area contributed by atoms with Crippen LogP contribution in [0.1, 0.15) is 63.0 Å². The highest BCUT2D eigenvalue weighted by molar-refractivity contribution is 5.78. The molecule has 2 heterocycles. The molecule has 2 fully saturated rings. The van der Waals surface area contributed by atoms with Gasteiger partial charge < -0.3 is 14.8 Å². The first-order valence-electron chi connectivity index (χ1n) is 14.2. The number of hydrogen-bond acceptors (Lipinski definition) is 5. The zero-order chi connectivity index (χ0) is 28.1. The Morgan fingerprint density at radius 1 is 0.950 bits per heavy atom. The number of halogens is 3. The molecule has 0 radical (unpaired) electrons. The van der Waals surface area contributed by atoms with Crippen LogP contribution in [0, 0.1) is 28.6 Å². The predicted molar refractivity (Wildman–Crippen MR) is 149 cm³/mol. The third-order valence-electron chi connectivity index (χ3n) is 7.97. The molecule has 1 aliphatic carbocycles. The summed E-state index contributed by atoms with van der Waals surface area (Å²) in [5.74, 6) is -2.04. The van der Waals surface area contributed by atoms with Crippen LogP contribution in [0.15, 0.2) is 42.7 Å². The molecular weight excluding hydrogens is 517 g/mol. The van der Waals surface area contributed by atoms with Crippen LogP contribution in [-0.2, 0) is 6.42 Å². The van der Waals surface area contributed by atoms with Gasteiger partial charge in [-0.2, -0.15) is 0 Å². The van der Waals surface area contributed by atoms with Gasteiger partial charge in [0.05, 0.1) is 6.61 Å². The van der Waals surface area contributed by atoms with Crippen molar-refractivity contribution in [1.29, 1.82) is 0 Å². The van der Waals surface area contributed by atoms with E-state index in [1.165, 1.54) is 18.3 Å². The highest BCUT2D eigenvalue weighted by atomic mass is 19.1. The summed E-state index contributed by atoms with van der Waals surface area (Å²) >= 11 is 0. The first-order valence-corrected chi connectivity index (χ1v) is 14.2. The molecule has 3 aromatic rings. The van der Waals surface area contributed by atoms with E-state index in [0.29, 0.717) is 11.5 Å². The van der Waals surface area contributed by atoms with Crippen LogP contribution in [0.5, 0.6) is 5.75 Å². The average Bonchev–Trinajstić information content (AvgIpc) is 2.97. The van der Waals surface area contributed by atoms with Crippen LogP contribution in [0.4, 0.5) is 19.1 Å². The number of anilines is 1. The summed E-state index contributed by atoms with van der Waals surface area (Å²) in [5, 5.41) is 12.5. The Labute approximate surface area is 233 Å². The van der Waals surface area contributed by atoms with Gasteiger partial charge in [0.15, 0.2) is 29.6 Å². The van der Waals surface area contributed by atoms with E-state index >= 15 is 0 Å². The van der Waals surface area contributed by atoms with E-state index in [4.69, 9.17) is 4.74 Å². The third kappa shape index (κ3) is 6.57. The lowest BCUT2D eigenvalue weighted by molar-refractivity contribution is -0.500. The third-order valence-corrected chi connectivity index (χ3v) is 7.97. The number of aromatic nitrogens is 2. The Kier molecular flexibility index (Phi) is 8.87. The van der Waals surface area contributed by atoms with Crippen molar-refractivity contribution in [3.63, 3.8) is 0 Å². The minimum absolute atomic E-state index is 0.0539. The van der Waals surface area contributed by atoms with E-state index in [-0.39, 0.29) is 29.7 Å². The summed E-state index contributed by atoms with van der Waals surface area (Å²) in [7, 11) is 0. The van der Waals surface area contributed by atoms with Crippen LogP contribution < -0.4 is 9.64 Å². The van der Waals surface area contributed by atoms with Gasteiger partial charge in [-0.1, -0.05) is 19.4 Å². The molecule has 1 saturated heterocycles. The standard InChI is InChI=1S/C31H35F3N4O2/c1-2-21-17-35-31(36-18-21)37-12-10-22(11-13-37)20-40-30-28(33)15-24(16-29(30)34)26-9-8-23(14-27(26)32)19-38(39)25-6-4-3-5-7-25/h8-9,14-19,22,25H,2-7,10-13,20H2,1H3/b38-19-. The van der Waals surface area contributed by atoms with E-state index in [1.807, 2.05) is 12.4 Å². The second kappa shape index (κ2) is 12.7. The van der Waals surface area contributed by atoms with Gasteiger partial charge in [-0.15, -0.1) is 0 Å². The van der Waals surface area contributed by atoms with Gasteiger partial charge in [-0.3, -0.25) is 0 Å². The predicted octanol–water partition coefficient (Wildman–Crippen LogP) is 6.68. The second-order valence-electron chi connectivity index (χ2n) is 10.8. The molecule has 40 heavy (non-hydrogen) atoms. The summed E-state index contributed by atoms with van der Waals surface area (Å²) in [6.07, 6.45) is 12.4. The van der Waals surface area contributed by atoms with Gasteiger partial charge in [0.25, 0.3) is 0 Å². The second-order valence-corrected chi connectivity index (χ2v) is 10.8. The van der Waals surface area contributed by atoms with E-state index in [0.717, 1.165) is 86.9 Å². The quantitative estimate of drug-likeness (QED) is 0.135. The normalized spacial score (nSPS) is 17.3. The number of nitrogens with zero attached hydrogens (tertiary/aromatic N) is 4. The molecule has 0 amide bonds. The summed E-state index contributed by atoms with van der Waals surface area (Å²) in [4.78, 5) is 11.0. The van der Waals surface area contributed by atoms with Crippen molar-refractivity contribution in [3.8, 4) is 16.9 Å². The van der Waals surface area contributed by atoms with Gasteiger partial charge in [0, 0.05) is 49.5 Å². The highest BCUT2D eigenvalue weighted by Gasteiger charge is 2.24. The molecule has 0 bridgehead atoms. The zero-order valence-corrected chi connectivity index (χ0v) is 22.8. The molecule has 9 heteroatoms. The number of rotatable bonds is 8. The number of ether oxygens (including phenoxy) is 1. The molecule has 2 aliphatic rings. The van der Waals surface area contributed by atoms with Crippen molar-refractivity contribution in [2.24, 2.45) is 5.92 Å². The fraction of sp³-hybridized carbons (Fsp3) is 0.452. The van der Waals surface area contributed by atoms with Crippen molar-refractivity contribution >= 4 is 12.2 Å². The van der Waals surface area contributed by atoms with Crippen molar-refractivity contribution in [2.75, 3.05) is 24.6 Å². The lowest BCUT2D eigenvalue weighted by Gasteiger charge is -2.31. The summed E-state index contributed by atoms with van der Waals surface area (Å²) in [6.45, 7) is 3.71. The van der Waals surface area contributed by atoms with Crippen molar-refractivity contribution in [1.82, 2.24) is 9.97 Å². The topological polar surface area (TPSA) is 64.3 Å². The van der Waals surface area contributed by atoms with Crippen LogP contribution in [0.3, 0.4) is 0 Å². The molecule has 0 spiro atoms. The molecule has 0 unspecified atom stereocenters. The van der Waals surface area contributed by atoms with Crippen LogP contribution >= 0.6 is 0 Å². The lowest BCUT2D eigenvalue weighted by Crippen LogP contribution is -2.36. The highest BCUT2D eigenvalue weighted by Crippen LogP contribution is 2.32. The van der Waals surface area contributed by atoms with E-state index in [1.54, 1.807) is 6.07 Å². The number of piperidine rings is 1. The molecule has 1 aromatic heterocycles. The van der Waals surface area contributed by atoms with Crippen LogP contribution in [-0.4, -0.2) is 46.7 Å². The first-order chi connectivity index (χ1) is 19.4. The molecular formula is C31H35F3N4O2. The maximum absolute atomic E-state index is 14.9.